The van der Waals surface area contributed by atoms with Gasteiger partial charge >= 0.3 is 5.97 Å². The van der Waals surface area contributed by atoms with Gasteiger partial charge in [-0.1, -0.05) is 66.7 Å². The van der Waals surface area contributed by atoms with Crippen LogP contribution in [-0.4, -0.2) is 24.5 Å². The lowest BCUT2D eigenvalue weighted by molar-refractivity contribution is -0.151. The number of ether oxygens (including phenoxy) is 2. The molecule has 0 saturated heterocycles. The van der Waals surface area contributed by atoms with Crippen molar-refractivity contribution >= 4 is 11.9 Å². The SMILES string of the molecule is C[C@H](NC(=O)COc1ccccc1)C(=O)OC1c2ccccc2-c2ccccc21. The number of esters is 1. The molecule has 146 valence electrons. The minimum atomic E-state index is -0.790. The zero-order chi connectivity index (χ0) is 20.2. The molecule has 0 bridgehead atoms. The number of hydrogen-bond acceptors (Lipinski definition) is 4. The van der Waals surface area contributed by atoms with Gasteiger partial charge in [-0.25, -0.2) is 4.79 Å². The van der Waals surface area contributed by atoms with Crippen molar-refractivity contribution in [3.8, 4) is 16.9 Å². The highest BCUT2D eigenvalue weighted by molar-refractivity contribution is 5.86. The van der Waals surface area contributed by atoms with Crippen LogP contribution in [0.1, 0.15) is 24.2 Å². The Balaban J connectivity index is 1.39. The maximum atomic E-state index is 12.7. The molecule has 1 N–H and O–H groups in total. The summed E-state index contributed by atoms with van der Waals surface area (Å²) in [5.74, 6) is -0.280. The van der Waals surface area contributed by atoms with Crippen molar-refractivity contribution in [2.75, 3.05) is 6.61 Å². The number of hydrogen-bond donors (Lipinski definition) is 1. The molecule has 0 unspecified atom stereocenters. The third-order valence-corrected chi connectivity index (χ3v) is 4.85. The monoisotopic (exact) mass is 387 g/mol. The summed E-state index contributed by atoms with van der Waals surface area (Å²) < 4.78 is 11.2. The molecular weight excluding hydrogens is 366 g/mol. The van der Waals surface area contributed by atoms with Crippen LogP contribution in [-0.2, 0) is 14.3 Å². The van der Waals surface area contributed by atoms with Gasteiger partial charge in [-0.05, 0) is 30.2 Å². The number of amides is 1. The summed E-state index contributed by atoms with van der Waals surface area (Å²) in [6, 6.07) is 24.0. The topological polar surface area (TPSA) is 64.6 Å². The summed E-state index contributed by atoms with van der Waals surface area (Å²) in [6.45, 7) is 1.44. The molecule has 1 amide bonds. The van der Waals surface area contributed by atoms with Gasteiger partial charge in [0.05, 0.1) is 0 Å². The number of para-hydroxylation sites is 1. The highest BCUT2D eigenvalue weighted by Crippen LogP contribution is 2.45. The number of nitrogens with one attached hydrogen (secondary N) is 1. The highest BCUT2D eigenvalue weighted by Gasteiger charge is 2.32. The van der Waals surface area contributed by atoms with E-state index in [-0.39, 0.29) is 12.5 Å². The average molecular weight is 387 g/mol. The summed E-state index contributed by atoms with van der Waals surface area (Å²) in [5, 5.41) is 2.63. The van der Waals surface area contributed by atoms with E-state index in [1.807, 2.05) is 66.7 Å². The van der Waals surface area contributed by atoms with E-state index in [0.717, 1.165) is 22.3 Å². The van der Waals surface area contributed by atoms with Gasteiger partial charge in [-0.2, -0.15) is 0 Å². The van der Waals surface area contributed by atoms with Crippen molar-refractivity contribution in [3.63, 3.8) is 0 Å². The summed E-state index contributed by atoms with van der Waals surface area (Å²) in [5.41, 5.74) is 4.03. The van der Waals surface area contributed by atoms with Gasteiger partial charge in [0, 0.05) is 11.1 Å². The second-order valence-electron chi connectivity index (χ2n) is 6.88. The first kappa shape index (κ1) is 18.7. The third kappa shape index (κ3) is 3.99. The van der Waals surface area contributed by atoms with Crippen LogP contribution in [0.25, 0.3) is 11.1 Å². The molecule has 0 spiro atoms. The molecule has 1 aliphatic rings. The molecule has 0 radical (unpaired) electrons. The second-order valence-corrected chi connectivity index (χ2v) is 6.88. The molecule has 0 aromatic heterocycles. The molecule has 29 heavy (non-hydrogen) atoms. The van der Waals surface area contributed by atoms with Crippen LogP contribution in [0, 0.1) is 0 Å². The minimum absolute atomic E-state index is 0.170. The maximum Gasteiger partial charge on any atom is 0.329 e. The van der Waals surface area contributed by atoms with E-state index in [0.29, 0.717) is 5.75 Å². The summed E-state index contributed by atoms with van der Waals surface area (Å²) >= 11 is 0. The molecule has 1 aliphatic carbocycles. The molecule has 0 saturated carbocycles. The Morgan fingerprint density at radius 3 is 2.03 bits per heavy atom. The molecule has 5 nitrogen and oxygen atoms in total. The molecule has 1 atom stereocenters. The van der Waals surface area contributed by atoms with E-state index >= 15 is 0 Å². The molecule has 0 fully saturated rings. The predicted octanol–water partition coefficient (Wildman–Crippen LogP) is 3.88. The lowest BCUT2D eigenvalue weighted by Gasteiger charge is -2.19. The predicted molar refractivity (Wildman–Crippen MR) is 109 cm³/mol. The molecule has 5 heteroatoms. The van der Waals surface area contributed by atoms with Crippen LogP contribution < -0.4 is 10.1 Å². The average Bonchev–Trinajstić information content (AvgIpc) is 3.07. The Bertz CT molecular complexity index is 986. The van der Waals surface area contributed by atoms with Gasteiger partial charge in [0.1, 0.15) is 11.8 Å². The fourth-order valence-corrected chi connectivity index (χ4v) is 3.46. The summed E-state index contributed by atoms with van der Waals surface area (Å²) in [6.07, 6.45) is -0.477. The van der Waals surface area contributed by atoms with Crippen molar-refractivity contribution in [2.45, 2.75) is 19.1 Å². The van der Waals surface area contributed by atoms with E-state index in [2.05, 4.69) is 5.32 Å². The van der Waals surface area contributed by atoms with E-state index in [1.165, 1.54) is 0 Å². The number of benzene rings is 3. The Labute approximate surface area is 169 Å². The van der Waals surface area contributed by atoms with Crippen molar-refractivity contribution in [2.24, 2.45) is 0 Å². The van der Waals surface area contributed by atoms with E-state index in [9.17, 15) is 9.59 Å². The van der Waals surface area contributed by atoms with Crippen LogP contribution in [0.2, 0.25) is 0 Å². The van der Waals surface area contributed by atoms with E-state index < -0.39 is 18.1 Å². The maximum absolute atomic E-state index is 12.7. The van der Waals surface area contributed by atoms with E-state index in [4.69, 9.17) is 9.47 Å². The minimum Gasteiger partial charge on any atom is -0.484 e. The molecular formula is C24H21NO4. The van der Waals surface area contributed by atoms with Crippen LogP contribution in [0.5, 0.6) is 5.75 Å². The fraction of sp³-hybridized carbons (Fsp3) is 0.167. The van der Waals surface area contributed by atoms with Gasteiger partial charge in [0.2, 0.25) is 0 Å². The van der Waals surface area contributed by atoms with Gasteiger partial charge in [0.15, 0.2) is 12.7 Å². The van der Waals surface area contributed by atoms with Crippen molar-refractivity contribution < 1.29 is 19.1 Å². The first-order chi connectivity index (χ1) is 14.1. The van der Waals surface area contributed by atoms with Gasteiger partial charge in [-0.3, -0.25) is 4.79 Å². The first-order valence-corrected chi connectivity index (χ1v) is 9.49. The Kier molecular flexibility index (Phi) is 5.29. The van der Waals surface area contributed by atoms with Gasteiger partial charge in [-0.15, -0.1) is 0 Å². The van der Waals surface area contributed by atoms with Crippen molar-refractivity contribution in [1.82, 2.24) is 5.32 Å². The van der Waals surface area contributed by atoms with Crippen LogP contribution in [0.4, 0.5) is 0 Å². The normalized spacial score (nSPS) is 13.1. The van der Waals surface area contributed by atoms with Crippen molar-refractivity contribution in [1.29, 1.82) is 0 Å². The number of carbonyl (C=O) groups is 2. The van der Waals surface area contributed by atoms with E-state index in [1.54, 1.807) is 19.1 Å². The highest BCUT2D eigenvalue weighted by atomic mass is 16.5. The Morgan fingerprint density at radius 2 is 1.41 bits per heavy atom. The Morgan fingerprint density at radius 1 is 0.862 bits per heavy atom. The largest absolute Gasteiger partial charge is 0.484 e. The first-order valence-electron chi connectivity index (χ1n) is 9.49. The molecule has 3 aromatic rings. The zero-order valence-electron chi connectivity index (χ0n) is 16.0. The van der Waals surface area contributed by atoms with Gasteiger partial charge < -0.3 is 14.8 Å². The number of fused-ring (bicyclic) bond motifs is 3. The lowest BCUT2D eigenvalue weighted by atomic mass is 10.1. The second kappa shape index (κ2) is 8.19. The molecule has 0 aliphatic heterocycles. The zero-order valence-corrected chi connectivity index (χ0v) is 16.0. The van der Waals surface area contributed by atoms with Crippen LogP contribution >= 0.6 is 0 Å². The molecule has 4 rings (SSSR count). The quantitative estimate of drug-likeness (QED) is 0.652. The summed E-state index contributed by atoms with van der Waals surface area (Å²) in [4.78, 5) is 24.8. The Hall–Kier alpha value is -3.60. The smallest absolute Gasteiger partial charge is 0.329 e. The molecule has 3 aromatic carbocycles. The van der Waals surface area contributed by atoms with Gasteiger partial charge in [0.25, 0.3) is 5.91 Å². The number of carbonyl (C=O) groups excluding carboxylic acids is 2. The third-order valence-electron chi connectivity index (χ3n) is 4.85. The number of rotatable bonds is 6. The molecule has 0 heterocycles. The van der Waals surface area contributed by atoms with Crippen molar-refractivity contribution in [3.05, 3.63) is 90.0 Å². The van der Waals surface area contributed by atoms with Crippen LogP contribution in [0.3, 0.4) is 0 Å². The fourth-order valence-electron chi connectivity index (χ4n) is 3.46. The van der Waals surface area contributed by atoms with Crippen LogP contribution in [0.15, 0.2) is 78.9 Å². The standard InChI is InChI=1S/C24H21NO4/c1-16(25-22(26)15-28-17-9-3-2-4-10-17)24(27)29-23-20-13-7-5-11-18(20)19-12-6-8-14-21(19)23/h2-14,16,23H,15H2,1H3,(H,25,26)/t16-/m0/s1. The summed E-state index contributed by atoms with van der Waals surface area (Å²) in [7, 11) is 0. The lowest BCUT2D eigenvalue weighted by Crippen LogP contribution is -2.42.